The van der Waals surface area contributed by atoms with Crippen LogP contribution < -0.4 is 14.8 Å². The minimum Gasteiger partial charge on any atom is -0.496 e. The van der Waals surface area contributed by atoms with Crippen LogP contribution in [0.5, 0.6) is 11.5 Å². The number of amides is 1. The molecule has 0 aliphatic carbocycles. The lowest BCUT2D eigenvalue weighted by molar-refractivity contribution is -0.174. The summed E-state index contributed by atoms with van der Waals surface area (Å²) in [6, 6.07) is 13.5. The number of nitrogens with one attached hydrogen (secondary N) is 1. The number of hydrogen-bond donors (Lipinski definition) is 1. The number of hydrogen-bond acceptors (Lipinski definition) is 4. The molecule has 0 fully saturated rings. The van der Waals surface area contributed by atoms with Gasteiger partial charge in [0.05, 0.1) is 30.6 Å². The monoisotopic (exact) mass is 515 g/mol. The highest BCUT2D eigenvalue weighted by Gasteiger charge is 2.40. The normalized spacial score (nSPS) is 13.3. The average Bonchev–Trinajstić information content (AvgIpc) is 3.25. The number of fused-ring (bicyclic) bond motifs is 1. The molecule has 4 aromatic rings. The minimum absolute atomic E-state index is 0.363. The first kappa shape index (κ1) is 26.0. The molecule has 0 aliphatic rings. The molecule has 0 bridgehead atoms. The second-order valence-corrected chi connectivity index (χ2v) is 8.74. The summed E-state index contributed by atoms with van der Waals surface area (Å²) < 4.78 is 65.5. The van der Waals surface area contributed by atoms with Gasteiger partial charge in [0.2, 0.25) is 0 Å². The Morgan fingerprint density at radius 1 is 1.03 bits per heavy atom. The van der Waals surface area contributed by atoms with Crippen LogP contribution in [0.4, 0.5) is 17.6 Å². The summed E-state index contributed by atoms with van der Waals surface area (Å²) in [6.07, 6.45) is -4.37. The smallest absolute Gasteiger partial charge is 0.471 e. The first-order valence-corrected chi connectivity index (χ1v) is 11.4. The Morgan fingerprint density at radius 3 is 2.27 bits per heavy atom. The number of aromatic nitrogens is 2. The fraction of sp³-hybridized carbons (Fsp3) is 0.259. The molecule has 0 saturated carbocycles. The highest BCUT2D eigenvalue weighted by Crippen LogP contribution is 2.33. The van der Waals surface area contributed by atoms with Crippen molar-refractivity contribution in [3.05, 3.63) is 83.3 Å². The summed E-state index contributed by atoms with van der Waals surface area (Å²) in [5.74, 6) is -1.39. The van der Waals surface area contributed by atoms with Gasteiger partial charge < -0.3 is 14.8 Å². The van der Waals surface area contributed by atoms with Gasteiger partial charge >= 0.3 is 12.1 Å². The fourth-order valence-corrected chi connectivity index (χ4v) is 4.31. The van der Waals surface area contributed by atoms with Gasteiger partial charge in [0.1, 0.15) is 23.4 Å². The van der Waals surface area contributed by atoms with E-state index >= 15 is 0 Å². The maximum atomic E-state index is 13.3. The van der Waals surface area contributed by atoms with Gasteiger partial charge in [-0.25, -0.2) is 9.07 Å². The Kier molecular flexibility index (Phi) is 7.11. The third-order valence-corrected chi connectivity index (χ3v) is 5.96. The second-order valence-electron chi connectivity index (χ2n) is 8.74. The topological polar surface area (TPSA) is 65.4 Å². The zero-order valence-electron chi connectivity index (χ0n) is 20.6. The van der Waals surface area contributed by atoms with Gasteiger partial charge in [-0.1, -0.05) is 0 Å². The maximum Gasteiger partial charge on any atom is 0.471 e. The van der Waals surface area contributed by atoms with Gasteiger partial charge in [0, 0.05) is 5.39 Å². The molecule has 6 nitrogen and oxygen atoms in total. The predicted octanol–water partition coefficient (Wildman–Crippen LogP) is 5.98. The number of ether oxygens (including phenoxy) is 2. The van der Waals surface area contributed by atoms with Gasteiger partial charge in [-0.15, -0.1) is 0 Å². The van der Waals surface area contributed by atoms with E-state index in [9.17, 15) is 22.4 Å². The van der Waals surface area contributed by atoms with Crippen LogP contribution in [0.15, 0.2) is 60.8 Å². The lowest BCUT2D eigenvalue weighted by atomic mass is 9.97. The van der Waals surface area contributed by atoms with Crippen LogP contribution in [0.1, 0.15) is 29.7 Å². The Morgan fingerprint density at radius 2 is 1.68 bits per heavy atom. The van der Waals surface area contributed by atoms with E-state index in [1.807, 2.05) is 19.2 Å². The van der Waals surface area contributed by atoms with Crippen LogP contribution in [0.25, 0.3) is 16.6 Å². The molecule has 0 spiro atoms. The molecule has 1 amide bonds. The third-order valence-electron chi connectivity index (χ3n) is 5.96. The van der Waals surface area contributed by atoms with E-state index in [4.69, 9.17) is 9.47 Å². The van der Waals surface area contributed by atoms with Crippen molar-refractivity contribution in [2.45, 2.75) is 39.1 Å². The van der Waals surface area contributed by atoms with Gasteiger partial charge in [-0.2, -0.15) is 18.3 Å². The molecule has 1 aromatic heterocycles. The van der Waals surface area contributed by atoms with Crippen molar-refractivity contribution in [3.63, 3.8) is 0 Å². The van der Waals surface area contributed by atoms with Gasteiger partial charge in [0.25, 0.3) is 0 Å². The lowest BCUT2D eigenvalue weighted by Gasteiger charge is -2.28. The summed E-state index contributed by atoms with van der Waals surface area (Å²) in [5, 5.41) is 7.07. The first-order valence-electron chi connectivity index (χ1n) is 11.4. The molecule has 1 N–H and O–H groups in total. The molecular weight excluding hydrogens is 490 g/mol. The number of carbonyl (C=O) groups excluding carboxylic acids is 1. The van der Waals surface area contributed by atoms with E-state index in [0.717, 1.165) is 16.6 Å². The molecule has 4 rings (SSSR count). The van der Waals surface area contributed by atoms with Crippen LogP contribution in [-0.2, 0) is 4.79 Å². The molecule has 0 radical (unpaired) electrons. The molecule has 1 unspecified atom stereocenters. The Labute approximate surface area is 210 Å². The van der Waals surface area contributed by atoms with E-state index in [0.29, 0.717) is 28.1 Å². The van der Waals surface area contributed by atoms with Crippen molar-refractivity contribution in [1.82, 2.24) is 15.1 Å². The fourth-order valence-electron chi connectivity index (χ4n) is 4.31. The summed E-state index contributed by atoms with van der Waals surface area (Å²) in [4.78, 5) is 11.7. The zero-order valence-corrected chi connectivity index (χ0v) is 20.6. The second kappa shape index (κ2) is 10.1. The largest absolute Gasteiger partial charge is 0.496 e. The van der Waals surface area contributed by atoms with Gasteiger partial charge in [-0.3, -0.25) is 4.79 Å². The molecular formula is C27H25F4N3O3. The van der Waals surface area contributed by atoms with Crippen LogP contribution >= 0.6 is 0 Å². The maximum absolute atomic E-state index is 13.3. The number of rotatable bonds is 7. The quantitative estimate of drug-likeness (QED) is 0.308. The summed E-state index contributed by atoms with van der Waals surface area (Å²) in [6.45, 7) is 5.09. The summed E-state index contributed by atoms with van der Waals surface area (Å²) >= 11 is 0. The number of methoxy groups -OCH3 is 1. The van der Waals surface area contributed by atoms with E-state index in [-0.39, 0.29) is 5.82 Å². The molecule has 194 valence electrons. The minimum atomic E-state index is -5.03. The van der Waals surface area contributed by atoms with Crippen molar-refractivity contribution in [2.75, 3.05) is 7.11 Å². The van der Waals surface area contributed by atoms with Crippen molar-refractivity contribution >= 4 is 16.8 Å². The average molecular weight is 516 g/mol. The first-order chi connectivity index (χ1) is 17.5. The lowest BCUT2D eigenvalue weighted by Crippen LogP contribution is -2.45. The van der Waals surface area contributed by atoms with E-state index in [1.54, 1.807) is 53.3 Å². The van der Waals surface area contributed by atoms with E-state index in [2.05, 4.69) is 5.10 Å². The summed E-state index contributed by atoms with van der Waals surface area (Å²) in [7, 11) is 1.54. The third kappa shape index (κ3) is 5.52. The number of carbonyl (C=O) groups is 1. The highest BCUT2D eigenvalue weighted by atomic mass is 19.4. The van der Waals surface area contributed by atoms with Crippen LogP contribution in [-0.4, -0.2) is 35.0 Å². The summed E-state index contributed by atoms with van der Waals surface area (Å²) in [5.41, 5.74) is 3.52. The standard InChI is InChI=1S/C27H25F4N3O3/c1-15-11-18(12-16(2)24(15)36-4)25(17(3)33-26(35)27(29,30)31)37-22-9-10-23-19(13-22)14-32-34(23)21-7-5-20(28)6-8-21/h5-14,17,25H,1-4H3,(H,33,35)/t17?,25-/m0/s1. The van der Waals surface area contributed by atoms with Gasteiger partial charge in [-0.05, 0) is 92.1 Å². The number of benzene rings is 3. The van der Waals surface area contributed by atoms with Crippen LogP contribution in [0, 0.1) is 19.7 Å². The molecule has 3 aromatic carbocycles. The van der Waals surface area contributed by atoms with E-state index < -0.39 is 24.2 Å². The Balaban J connectivity index is 1.69. The van der Waals surface area contributed by atoms with Crippen molar-refractivity contribution < 1.29 is 31.8 Å². The van der Waals surface area contributed by atoms with Crippen molar-refractivity contribution in [2.24, 2.45) is 0 Å². The number of aryl methyl sites for hydroxylation is 2. The Bertz CT molecular complexity index is 1410. The molecule has 0 saturated heterocycles. The molecule has 37 heavy (non-hydrogen) atoms. The SMILES string of the molecule is COc1c(C)cc([C@@H](Oc2ccc3c(cnn3-c3ccc(F)cc3)c2)C(C)NC(=O)C(F)(F)F)cc1C. The number of alkyl halides is 3. The van der Waals surface area contributed by atoms with Crippen LogP contribution in [0.3, 0.4) is 0 Å². The van der Waals surface area contributed by atoms with E-state index in [1.165, 1.54) is 26.2 Å². The Hall–Kier alpha value is -4.08. The zero-order chi connectivity index (χ0) is 26.9. The number of nitrogens with zero attached hydrogens (tertiary/aromatic N) is 2. The molecule has 2 atom stereocenters. The highest BCUT2D eigenvalue weighted by molar-refractivity contribution is 5.82. The van der Waals surface area contributed by atoms with Crippen molar-refractivity contribution in [1.29, 1.82) is 0 Å². The number of halogens is 4. The molecule has 0 aliphatic heterocycles. The van der Waals surface area contributed by atoms with Crippen LogP contribution in [0.2, 0.25) is 0 Å². The van der Waals surface area contributed by atoms with Crippen molar-refractivity contribution in [3.8, 4) is 17.2 Å². The van der Waals surface area contributed by atoms with Gasteiger partial charge in [0.15, 0.2) is 0 Å². The molecule has 1 heterocycles. The molecule has 10 heteroatoms. The predicted molar refractivity (Wildman–Crippen MR) is 131 cm³/mol.